The summed E-state index contributed by atoms with van der Waals surface area (Å²) in [5.74, 6) is 0.173. The van der Waals surface area contributed by atoms with Crippen LogP contribution in [-0.4, -0.2) is 37.0 Å². The minimum atomic E-state index is 0.0511. The minimum Gasteiger partial charge on any atom is -0.355 e. The van der Waals surface area contributed by atoms with Gasteiger partial charge in [0, 0.05) is 30.7 Å². The van der Waals surface area contributed by atoms with Gasteiger partial charge in [0.15, 0.2) is 0 Å². The van der Waals surface area contributed by atoms with Crippen LogP contribution in [0.2, 0.25) is 5.02 Å². The molecule has 0 spiro atoms. The van der Waals surface area contributed by atoms with Gasteiger partial charge in [0.1, 0.15) is 0 Å². The third kappa shape index (κ3) is 4.19. The highest BCUT2D eigenvalue weighted by Gasteiger charge is 2.29. The fourth-order valence-electron chi connectivity index (χ4n) is 2.92. The van der Waals surface area contributed by atoms with Crippen LogP contribution >= 0.6 is 11.6 Å². The third-order valence-electron chi connectivity index (χ3n) is 4.17. The maximum atomic E-state index is 12.1. The zero-order valence-corrected chi connectivity index (χ0v) is 13.3. The number of carbonyl (C=O) groups is 1. The highest BCUT2D eigenvalue weighted by Crippen LogP contribution is 2.30. The molecule has 2 unspecified atom stereocenters. The average molecular weight is 310 g/mol. The van der Waals surface area contributed by atoms with Crippen LogP contribution in [0.15, 0.2) is 24.3 Å². The van der Waals surface area contributed by atoms with Crippen LogP contribution in [0, 0.1) is 5.92 Å². The van der Waals surface area contributed by atoms with E-state index >= 15 is 0 Å². The number of likely N-dealkylation sites (tertiary alicyclic amines) is 1. The number of carbonyl (C=O) groups excluding carboxylic acids is 1. The molecule has 1 saturated heterocycles. The highest BCUT2D eigenvalue weighted by molar-refractivity contribution is 6.31. The first kappa shape index (κ1) is 16.3. The Morgan fingerprint density at radius 1 is 1.52 bits per heavy atom. The molecule has 0 saturated carbocycles. The number of nitrogens with two attached hydrogens (primary N) is 1. The van der Waals surface area contributed by atoms with E-state index in [9.17, 15) is 4.79 Å². The van der Waals surface area contributed by atoms with Crippen molar-refractivity contribution in [3.63, 3.8) is 0 Å². The van der Waals surface area contributed by atoms with Crippen molar-refractivity contribution in [2.24, 2.45) is 11.7 Å². The number of nitrogens with zero attached hydrogens (tertiary/aromatic N) is 1. The normalized spacial score (nSPS) is 21.0. The van der Waals surface area contributed by atoms with Crippen molar-refractivity contribution in [1.82, 2.24) is 10.2 Å². The molecule has 0 radical (unpaired) electrons. The van der Waals surface area contributed by atoms with Gasteiger partial charge in [-0.15, -0.1) is 0 Å². The van der Waals surface area contributed by atoms with Gasteiger partial charge in [0.05, 0.1) is 5.92 Å². The first-order chi connectivity index (χ1) is 10.1. The van der Waals surface area contributed by atoms with E-state index in [4.69, 9.17) is 17.3 Å². The van der Waals surface area contributed by atoms with Gasteiger partial charge in [-0.25, -0.2) is 0 Å². The second-order valence-electron chi connectivity index (χ2n) is 5.61. The van der Waals surface area contributed by atoms with Crippen molar-refractivity contribution < 1.29 is 4.79 Å². The van der Waals surface area contributed by atoms with Crippen LogP contribution in [0.5, 0.6) is 0 Å². The van der Waals surface area contributed by atoms with Gasteiger partial charge in [0.25, 0.3) is 0 Å². The van der Waals surface area contributed by atoms with Crippen molar-refractivity contribution in [2.45, 2.75) is 25.8 Å². The summed E-state index contributed by atoms with van der Waals surface area (Å²) in [5.41, 5.74) is 6.56. The Hall–Kier alpha value is -1.10. The molecule has 1 aliphatic heterocycles. The van der Waals surface area contributed by atoms with Gasteiger partial charge in [0.2, 0.25) is 5.91 Å². The number of piperidine rings is 1. The highest BCUT2D eigenvalue weighted by atomic mass is 35.5. The lowest BCUT2D eigenvalue weighted by atomic mass is 9.94. The molecule has 5 heteroatoms. The summed E-state index contributed by atoms with van der Waals surface area (Å²) in [6.07, 6.45) is 1.98. The van der Waals surface area contributed by atoms with E-state index in [-0.39, 0.29) is 17.9 Å². The fraction of sp³-hybridized carbons (Fsp3) is 0.562. The Morgan fingerprint density at radius 3 is 3.00 bits per heavy atom. The van der Waals surface area contributed by atoms with Crippen LogP contribution in [-0.2, 0) is 4.79 Å². The number of hydrogen-bond acceptors (Lipinski definition) is 3. The molecule has 0 aliphatic carbocycles. The van der Waals surface area contributed by atoms with Crippen molar-refractivity contribution in [3.05, 3.63) is 34.9 Å². The van der Waals surface area contributed by atoms with E-state index in [0.29, 0.717) is 13.1 Å². The van der Waals surface area contributed by atoms with Crippen molar-refractivity contribution in [3.8, 4) is 0 Å². The summed E-state index contributed by atoms with van der Waals surface area (Å²) >= 11 is 6.29. The van der Waals surface area contributed by atoms with E-state index < -0.39 is 0 Å². The van der Waals surface area contributed by atoms with Crippen molar-refractivity contribution >= 4 is 17.5 Å². The summed E-state index contributed by atoms with van der Waals surface area (Å²) in [6, 6.07) is 8.16. The average Bonchev–Trinajstić information content (AvgIpc) is 2.52. The monoisotopic (exact) mass is 309 g/mol. The first-order valence-corrected chi connectivity index (χ1v) is 7.97. The molecule has 2 atom stereocenters. The van der Waals surface area contributed by atoms with Gasteiger partial charge in [-0.3, -0.25) is 9.69 Å². The predicted octanol–water partition coefficient (Wildman–Crippen LogP) is 2.19. The molecule has 1 amide bonds. The number of rotatable bonds is 5. The van der Waals surface area contributed by atoms with Crippen molar-refractivity contribution in [2.75, 3.05) is 26.2 Å². The number of nitrogens with one attached hydrogen (secondary N) is 1. The SMILES string of the molecule is CC(c1ccccc1Cl)N1CCCC(C(=O)NCCN)C1. The summed E-state index contributed by atoms with van der Waals surface area (Å²) < 4.78 is 0. The van der Waals surface area contributed by atoms with Crippen LogP contribution in [0.3, 0.4) is 0 Å². The second kappa shape index (κ2) is 7.78. The standard InChI is InChI=1S/C16H24ClN3O/c1-12(14-6-2-3-7-15(14)17)20-10-4-5-13(11-20)16(21)19-9-8-18/h2-3,6-7,12-13H,4-5,8-11,18H2,1H3,(H,19,21). The molecule has 1 aromatic carbocycles. The molecule has 0 bridgehead atoms. The Kier molecular flexibility index (Phi) is 6.03. The van der Waals surface area contributed by atoms with E-state index in [1.54, 1.807) is 0 Å². The lowest BCUT2D eigenvalue weighted by Crippen LogP contribution is -2.44. The van der Waals surface area contributed by atoms with Crippen LogP contribution in [0.1, 0.15) is 31.4 Å². The zero-order valence-electron chi connectivity index (χ0n) is 12.5. The van der Waals surface area contributed by atoms with Crippen LogP contribution in [0.4, 0.5) is 0 Å². The fourth-order valence-corrected chi connectivity index (χ4v) is 3.22. The van der Waals surface area contributed by atoms with Gasteiger partial charge < -0.3 is 11.1 Å². The molecule has 21 heavy (non-hydrogen) atoms. The molecule has 116 valence electrons. The molecular weight excluding hydrogens is 286 g/mol. The van der Waals surface area contributed by atoms with Gasteiger partial charge in [-0.05, 0) is 37.9 Å². The molecule has 3 N–H and O–H groups in total. The van der Waals surface area contributed by atoms with Gasteiger partial charge >= 0.3 is 0 Å². The molecule has 1 fully saturated rings. The Labute approximate surface area is 131 Å². The van der Waals surface area contributed by atoms with Gasteiger partial charge in [-0.2, -0.15) is 0 Å². The molecule has 1 aliphatic rings. The van der Waals surface area contributed by atoms with Crippen LogP contribution < -0.4 is 11.1 Å². The van der Waals surface area contributed by atoms with Gasteiger partial charge in [-0.1, -0.05) is 29.8 Å². The van der Waals surface area contributed by atoms with Crippen LogP contribution in [0.25, 0.3) is 0 Å². The summed E-state index contributed by atoms with van der Waals surface area (Å²) in [4.78, 5) is 14.5. The zero-order chi connectivity index (χ0) is 15.2. The number of benzene rings is 1. The van der Waals surface area contributed by atoms with E-state index in [0.717, 1.165) is 36.5 Å². The number of amides is 1. The maximum Gasteiger partial charge on any atom is 0.224 e. The number of hydrogen-bond donors (Lipinski definition) is 2. The van der Waals surface area contributed by atoms with E-state index in [1.807, 2.05) is 18.2 Å². The Balaban J connectivity index is 2.00. The molecular formula is C16H24ClN3O. The largest absolute Gasteiger partial charge is 0.355 e. The maximum absolute atomic E-state index is 12.1. The topological polar surface area (TPSA) is 58.4 Å². The summed E-state index contributed by atoms with van der Waals surface area (Å²) in [5, 5.41) is 3.69. The molecule has 2 rings (SSSR count). The van der Waals surface area contributed by atoms with E-state index in [1.165, 1.54) is 0 Å². The molecule has 1 heterocycles. The predicted molar refractivity (Wildman–Crippen MR) is 86.2 cm³/mol. The lowest BCUT2D eigenvalue weighted by Gasteiger charge is -2.36. The quantitative estimate of drug-likeness (QED) is 0.876. The summed E-state index contributed by atoms with van der Waals surface area (Å²) in [7, 11) is 0. The van der Waals surface area contributed by atoms with E-state index in [2.05, 4.69) is 23.2 Å². The molecule has 0 aromatic heterocycles. The smallest absolute Gasteiger partial charge is 0.224 e. The third-order valence-corrected chi connectivity index (χ3v) is 4.51. The molecule has 4 nitrogen and oxygen atoms in total. The number of halogens is 1. The minimum absolute atomic E-state index is 0.0511. The first-order valence-electron chi connectivity index (χ1n) is 7.59. The summed E-state index contributed by atoms with van der Waals surface area (Å²) in [6.45, 7) is 4.98. The Bertz CT molecular complexity index is 480. The molecule has 1 aromatic rings. The van der Waals surface area contributed by atoms with Crippen molar-refractivity contribution in [1.29, 1.82) is 0 Å². The Morgan fingerprint density at radius 2 is 2.29 bits per heavy atom. The lowest BCUT2D eigenvalue weighted by molar-refractivity contribution is -0.126. The second-order valence-corrected chi connectivity index (χ2v) is 6.02.